The number of ether oxygens (including phenoxy) is 1. The fourth-order valence-electron chi connectivity index (χ4n) is 2.72. The number of amides is 2. The minimum Gasteiger partial charge on any atom is -0.366 e. The molecular weight excluding hydrogens is 366 g/mol. The van der Waals surface area contributed by atoms with E-state index in [2.05, 4.69) is 16.0 Å². The lowest BCUT2D eigenvalue weighted by Gasteiger charge is -2.23. The van der Waals surface area contributed by atoms with Gasteiger partial charge in [-0.15, -0.1) is 12.4 Å². The van der Waals surface area contributed by atoms with E-state index in [-0.39, 0.29) is 24.2 Å². The first kappa shape index (κ1) is 20.9. The fraction of sp³-hybridized carbons (Fsp3) is 0.300. The average Bonchev–Trinajstić information content (AvgIpc) is 2.68. The highest BCUT2D eigenvalue weighted by Gasteiger charge is 2.23. The van der Waals surface area contributed by atoms with Crippen LogP contribution in [0, 0.1) is 6.92 Å². The van der Waals surface area contributed by atoms with Gasteiger partial charge in [-0.2, -0.15) is 0 Å². The Kier molecular flexibility index (Phi) is 7.79. The molecule has 7 heteroatoms. The number of hydrogen-bond donors (Lipinski definition) is 3. The highest BCUT2D eigenvalue weighted by Crippen LogP contribution is 2.16. The monoisotopic (exact) mass is 389 g/mol. The third-order valence-electron chi connectivity index (χ3n) is 4.22. The lowest BCUT2D eigenvalue weighted by atomic mass is 10.1. The van der Waals surface area contributed by atoms with Crippen molar-refractivity contribution in [1.29, 1.82) is 0 Å². The van der Waals surface area contributed by atoms with Gasteiger partial charge in [0.2, 0.25) is 0 Å². The molecule has 2 aromatic carbocycles. The van der Waals surface area contributed by atoms with Gasteiger partial charge in [0, 0.05) is 19.6 Å². The van der Waals surface area contributed by atoms with Gasteiger partial charge in [0.1, 0.15) is 6.10 Å². The van der Waals surface area contributed by atoms with Crippen molar-refractivity contribution in [2.24, 2.45) is 0 Å². The Balaban J connectivity index is 0.00000261. The molecule has 0 aliphatic carbocycles. The number of para-hydroxylation sites is 1. The number of hydrogen-bond acceptors (Lipinski definition) is 4. The molecule has 0 spiro atoms. The van der Waals surface area contributed by atoms with Crippen LogP contribution in [-0.4, -0.2) is 37.6 Å². The van der Waals surface area contributed by atoms with Gasteiger partial charge < -0.3 is 20.7 Å². The number of anilines is 1. The van der Waals surface area contributed by atoms with E-state index in [9.17, 15) is 9.59 Å². The molecule has 2 amide bonds. The zero-order valence-corrected chi connectivity index (χ0v) is 16.0. The summed E-state index contributed by atoms with van der Waals surface area (Å²) < 4.78 is 5.45. The van der Waals surface area contributed by atoms with Gasteiger partial charge in [-0.25, -0.2) is 0 Å². The van der Waals surface area contributed by atoms with E-state index in [4.69, 9.17) is 4.74 Å². The Bertz CT molecular complexity index is 774. The average molecular weight is 390 g/mol. The number of carbonyl (C=O) groups excluding carboxylic acids is 2. The van der Waals surface area contributed by atoms with Crippen LogP contribution in [0.5, 0.6) is 0 Å². The van der Waals surface area contributed by atoms with E-state index < -0.39 is 6.10 Å². The molecule has 1 aliphatic heterocycles. The number of nitrogens with one attached hydrogen (secondary N) is 3. The maximum atomic E-state index is 12.6. The van der Waals surface area contributed by atoms with E-state index in [1.165, 1.54) is 5.56 Å². The topological polar surface area (TPSA) is 79.5 Å². The Hall–Kier alpha value is -2.41. The van der Waals surface area contributed by atoms with Gasteiger partial charge in [0.25, 0.3) is 11.8 Å². The smallest absolute Gasteiger partial charge is 0.254 e. The number of carbonyl (C=O) groups is 2. The van der Waals surface area contributed by atoms with Crippen molar-refractivity contribution in [3.63, 3.8) is 0 Å². The van der Waals surface area contributed by atoms with Crippen molar-refractivity contribution in [1.82, 2.24) is 10.6 Å². The molecule has 0 bridgehead atoms. The van der Waals surface area contributed by atoms with Gasteiger partial charge in [0.05, 0.1) is 17.9 Å². The first-order valence-corrected chi connectivity index (χ1v) is 8.69. The van der Waals surface area contributed by atoms with Crippen molar-refractivity contribution >= 4 is 29.9 Å². The van der Waals surface area contributed by atoms with Gasteiger partial charge in [-0.1, -0.05) is 42.0 Å². The Morgan fingerprint density at radius 1 is 1.15 bits per heavy atom. The summed E-state index contributed by atoms with van der Waals surface area (Å²) in [6.07, 6.45) is -0.549. The molecule has 3 N–H and O–H groups in total. The van der Waals surface area contributed by atoms with Crippen LogP contribution >= 0.6 is 12.4 Å². The molecule has 0 radical (unpaired) electrons. The second-order valence-electron chi connectivity index (χ2n) is 6.27. The van der Waals surface area contributed by atoms with Gasteiger partial charge in [-0.05, 0) is 24.6 Å². The van der Waals surface area contributed by atoms with Gasteiger partial charge in [-0.3, -0.25) is 9.59 Å². The summed E-state index contributed by atoms with van der Waals surface area (Å²) in [4.78, 5) is 24.9. The Morgan fingerprint density at radius 3 is 2.59 bits per heavy atom. The zero-order chi connectivity index (χ0) is 18.4. The molecule has 2 aromatic rings. The molecular formula is C20H24ClN3O3. The van der Waals surface area contributed by atoms with Crippen LogP contribution in [0.4, 0.5) is 5.69 Å². The molecule has 3 rings (SSSR count). The predicted molar refractivity (Wildman–Crippen MR) is 107 cm³/mol. The van der Waals surface area contributed by atoms with Gasteiger partial charge in [0.15, 0.2) is 0 Å². The zero-order valence-electron chi connectivity index (χ0n) is 15.2. The summed E-state index contributed by atoms with van der Waals surface area (Å²) in [5.41, 5.74) is 3.10. The summed E-state index contributed by atoms with van der Waals surface area (Å²) >= 11 is 0. The van der Waals surface area contributed by atoms with Crippen LogP contribution in [-0.2, 0) is 16.1 Å². The van der Waals surface area contributed by atoms with E-state index in [1.807, 2.05) is 31.2 Å². The molecule has 0 saturated carbocycles. The molecule has 27 heavy (non-hydrogen) atoms. The summed E-state index contributed by atoms with van der Waals surface area (Å²) in [6, 6.07) is 15.0. The summed E-state index contributed by atoms with van der Waals surface area (Å²) in [6.45, 7) is 4.15. The number of morpholine rings is 1. The van der Waals surface area contributed by atoms with Crippen LogP contribution in [0.3, 0.4) is 0 Å². The third-order valence-corrected chi connectivity index (χ3v) is 4.22. The quantitative estimate of drug-likeness (QED) is 0.733. The van der Waals surface area contributed by atoms with Crippen LogP contribution < -0.4 is 16.0 Å². The highest BCUT2D eigenvalue weighted by atomic mass is 35.5. The molecule has 1 heterocycles. The summed E-state index contributed by atoms with van der Waals surface area (Å²) in [7, 11) is 0. The molecule has 144 valence electrons. The maximum absolute atomic E-state index is 12.6. The second-order valence-corrected chi connectivity index (χ2v) is 6.27. The van der Waals surface area contributed by atoms with Crippen molar-refractivity contribution in [2.75, 3.05) is 25.0 Å². The van der Waals surface area contributed by atoms with E-state index in [0.717, 1.165) is 12.1 Å². The van der Waals surface area contributed by atoms with E-state index in [0.29, 0.717) is 30.9 Å². The second kappa shape index (κ2) is 10.1. The molecule has 1 unspecified atom stereocenters. The van der Waals surface area contributed by atoms with Crippen molar-refractivity contribution in [3.05, 3.63) is 65.2 Å². The molecule has 1 aliphatic rings. The van der Waals surface area contributed by atoms with Crippen LogP contribution in [0.25, 0.3) is 0 Å². The SMILES string of the molecule is Cc1ccc(CNC(=O)c2ccccc2NC(=O)C2CNCCO2)cc1.Cl. The summed E-state index contributed by atoms with van der Waals surface area (Å²) in [5, 5.41) is 8.81. The number of halogens is 1. The fourth-order valence-corrected chi connectivity index (χ4v) is 2.72. The third kappa shape index (κ3) is 5.79. The largest absolute Gasteiger partial charge is 0.366 e. The Morgan fingerprint density at radius 2 is 1.89 bits per heavy atom. The normalized spacial score (nSPS) is 16.1. The molecule has 0 aromatic heterocycles. The maximum Gasteiger partial charge on any atom is 0.254 e. The molecule has 6 nitrogen and oxygen atoms in total. The lowest BCUT2D eigenvalue weighted by Crippen LogP contribution is -2.45. The minimum absolute atomic E-state index is 0. The molecule has 1 fully saturated rings. The minimum atomic E-state index is -0.549. The summed E-state index contributed by atoms with van der Waals surface area (Å²) in [5.74, 6) is -0.486. The highest BCUT2D eigenvalue weighted by molar-refractivity contribution is 6.04. The van der Waals surface area contributed by atoms with Crippen molar-refractivity contribution in [3.8, 4) is 0 Å². The predicted octanol–water partition coefficient (Wildman–Crippen LogP) is 2.27. The molecule has 1 atom stereocenters. The number of benzene rings is 2. The lowest BCUT2D eigenvalue weighted by molar-refractivity contribution is -0.128. The standard InChI is InChI=1S/C20H23N3O3.ClH/c1-14-6-8-15(9-7-14)12-22-19(24)16-4-2-3-5-17(16)23-20(25)18-13-21-10-11-26-18;/h2-9,18,21H,10-13H2,1H3,(H,22,24)(H,23,25);1H. The van der Waals surface area contributed by atoms with E-state index >= 15 is 0 Å². The Labute approximate surface area is 165 Å². The first-order valence-electron chi connectivity index (χ1n) is 8.69. The van der Waals surface area contributed by atoms with E-state index in [1.54, 1.807) is 24.3 Å². The van der Waals surface area contributed by atoms with Crippen LogP contribution in [0.1, 0.15) is 21.5 Å². The van der Waals surface area contributed by atoms with Crippen molar-refractivity contribution in [2.45, 2.75) is 19.6 Å². The number of aryl methyl sites for hydroxylation is 1. The first-order chi connectivity index (χ1) is 12.6. The van der Waals surface area contributed by atoms with Crippen LogP contribution in [0.2, 0.25) is 0 Å². The molecule has 1 saturated heterocycles. The number of rotatable bonds is 5. The van der Waals surface area contributed by atoms with Crippen molar-refractivity contribution < 1.29 is 14.3 Å². The van der Waals surface area contributed by atoms with Gasteiger partial charge >= 0.3 is 0 Å². The van der Waals surface area contributed by atoms with Crippen LogP contribution in [0.15, 0.2) is 48.5 Å².